The molecule has 0 heterocycles. The Balaban J connectivity index is 1.83. The molecule has 0 aromatic heterocycles. The van der Waals surface area contributed by atoms with Gasteiger partial charge in [0, 0.05) is 34.8 Å². The highest BCUT2D eigenvalue weighted by Crippen LogP contribution is 2.25. The van der Waals surface area contributed by atoms with Crippen molar-refractivity contribution in [3.05, 3.63) is 69.7 Å². The Kier molecular flexibility index (Phi) is 7.23. The van der Waals surface area contributed by atoms with Gasteiger partial charge in [-0.05, 0) is 37.3 Å². The molecule has 0 aliphatic heterocycles. The number of carbonyl (C=O) groups is 1. The van der Waals surface area contributed by atoms with Gasteiger partial charge >= 0.3 is 0 Å². The highest BCUT2D eigenvalue weighted by molar-refractivity contribution is 7.89. The van der Waals surface area contributed by atoms with E-state index >= 15 is 0 Å². The lowest BCUT2D eigenvalue weighted by Gasteiger charge is -2.07. The smallest absolute Gasteiger partial charge is 0.244 e. The van der Waals surface area contributed by atoms with Gasteiger partial charge in [-0.25, -0.2) is 13.1 Å². The average Bonchev–Trinajstić information content (AvgIpc) is 2.59. The number of aryl methyl sites for hydroxylation is 1. The van der Waals surface area contributed by atoms with Gasteiger partial charge in [0.2, 0.25) is 15.9 Å². The lowest BCUT2D eigenvalue weighted by Crippen LogP contribution is -2.34. The van der Waals surface area contributed by atoms with E-state index in [0.717, 1.165) is 5.56 Å². The molecule has 0 unspecified atom stereocenters. The van der Waals surface area contributed by atoms with Gasteiger partial charge in [0.15, 0.2) is 0 Å². The van der Waals surface area contributed by atoms with Crippen LogP contribution in [0, 0.1) is 6.92 Å². The van der Waals surface area contributed by atoms with Crippen LogP contribution in [0.25, 0.3) is 6.08 Å². The summed E-state index contributed by atoms with van der Waals surface area (Å²) in [5.41, 5.74) is 1.52. The van der Waals surface area contributed by atoms with Crippen LogP contribution < -0.4 is 10.0 Å². The first-order valence-electron chi connectivity index (χ1n) is 7.76. The third-order valence-electron chi connectivity index (χ3n) is 3.45. The molecule has 8 heteroatoms. The van der Waals surface area contributed by atoms with E-state index in [0.29, 0.717) is 15.6 Å². The van der Waals surface area contributed by atoms with Gasteiger partial charge in [-0.1, -0.05) is 47.0 Å². The van der Waals surface area contributed by atoms with Crippen molar-refractivity contribution in [1.29, 1.82) is 0 Å². The van der Waals surface area contributed by atoms with Crippen LogP contribution >= 0.6 is 23.2 Å². The number of nitrogens with one attached hydrogen (secondary N) is 2. The maximum absolute atomic E-state index is 12.1. The zero-order valence-corrected chi connectivity index (χ0v) is 16.3. The molecule has 0 radical (unpaired) electrons. The number of sulfonamides is 1. The Labute approximate surface area is 163 Å². The van der Waals surface area contributed by atoms with E-state index in [9.17, 15) is 13.2 Å². The van der Waals surface area contributed by atoms with Gasteiger partial charge < -0.3 is 5.32 Å². The fourth-order valence-electron chi connectivity index (χ4n) is 2.06. The molecule has 2 rings (SSSR count). The number of hydrogen-bond acceptors (Lipinski definition) is 3. The number of hydrogen-bond donors (Lipinski definition) is 2. The molecule has 138 valence electrons. The monoisotopic (exact) mass is 412 g/mol. The van der Waals surface area contributed by atoms with Crippen LogP contribution in [0.5, 0.6) is 0 Å². The maximum Gasteiger partial charge on any atom is 0.244 e. The molecule has 0 saturated carbocycles. The van der Waals surface area contributed by atoms with Crippen molar-refractivity contribution in [2.24, 2.45) is 0 Å². The van der Waals surface area contributed by atoms with Crippen molar-refractivity contribution in [2.75, 3.05) is 13.1 Å². The Morgan fingerprint density at radius 2 is 1.65 bits per heavy atom. The lowest BCUT2D eigenvalue weighted by molar-refractivity contribution is -0.116. The van der Waals surface area contributed by atoms with Gasteiger partial charge in [-0.15, -0.1) is 0 Å². The molecule has 0 saturated heterocycles. The summed E-state index contributed by atoms with van der Waals surface area (Å²) in [6.07, 6.45) is 2.80. The minimum absolute atomic E-state index is 0.0721. The summed E-state index contributed by atoms with van der Waals surface area (Å²) in [6.45, 7) is 2.09. The molecule has 0 spiro atoms. The van der Waals surface area contributed by atoms with Crippen LogP contribution in [0.3, 0.4) is 0 Å². The molecule has 2 aromatic rings. The molecule has 0 aliphatic rings. The summed E-state index contributed by atoms with van der Waals surface area (Å²) in [7, 11) is -3.60. The molecule has 0 bridgehead atoms. The molecule has 2 N–H and O–H groups in total. The standard InChI is InChI=1S/C18H18Cl2N2O3S/c1-13-5-7-14(8-6-13)26(24,25)22-12-11-21-18(23)10-9-15-16(19)3-2-4-17(15)20/h2-10,22H,11-12H2,1H3,(H,21,23)/b10-9+. The third kappa shape index (κ3) is 5.85. The van der Waals surface area contributed by atoms with Crippen LogP contribution in [0.15, 0.2) is 53.4 Å². The fraction of sp³-hybridized carbons (Fsp3) is 0.167. The van der Waals surface area contributed by atoms with E-state index in [2.05, 4.69) is 10.0 Å². The van der Waals surface area contributed by atoms with E-state index in [4.69, 9.17) is 23.2 Å². The van der Waals surface area contributed by atoms with E-state index in [-0.39, 0.29) is 23.9 Å². The van der Waals surface area contributed by atoms with Gasteiger partial charge in [0.1, 0.15) is 0 Å². The summed E-state index contributed by atoms with van der Waals surface area (Å²) in [6, 6.07) is 11.6. The first kappa shape index (κ1) is 20.5. The van der Waals surface area contributed by atoms with Crippen molar-refractivity contribution < 1.29 is 13.2 Å². The Morgan fingerprint density at radius 1 is 1.04 bits per heavy atom. The molecule has 1 amide bonds. The predicted molar refractivity (Wildman–Crippen MR) is 105 cm³/mol. The zero-order valence-electron chi connectivity index (χ0n) is 14.0. The molecule has 0 atom stereocenters. The number of benzene rings is 2. The first-order valence-corrected chi connectivity index (χ1v) is 10.00. The van der Waals surface area contributed by atoms with Crippen LogP contribution in [0.1, 0.15) is 11.1 Å². The number of amides is 1. The van der Waals surface area contributed by atoms with Gasteiger partial charge in [-0.3, -0.25) is 4.79 Å². The van der Waals surface area contributed by atoms with Gasteiger partial charge in [0.05, 0.1) is 4.90 Å². The molecule has 26 heavy (non-hydrogen) atoms. The van der Waals surface area contributed by atoms with Gasteiger partial charge in [-0.2, -0.15) is 0 Å². The highest BCUT2D eigenvalue weighted by Gasteiger charge is 2.12. The lowest BCUT2D eigenvalue weighted by atomic mass is 10.2. The minimum Gasteiger partial charge on any atom is -0.351 e. The van der Waals surface area contributed by atoms with Crippen LogP contribution in [-0.2, 0) is 14.8 Å². The molecule has 2 aromatic carbocycles. The SMILES string of the molecule is Cc1ccc(S(=O)(=O)NCCNC(=O)/C=C/c2c(Cl)cccc2Cl)cc1. The zero-order chi connectivity index (χ0) is 19.2. The topological polar surface area (TPSA) is 75.3 Å². The van der Waals surface area contributed by atoms with E-state index in [1.807, 2.05) is 6.92 Å². The van der Waals surface area contributed by atoms with Gasteiger partial charge in [0.25, 0.3) is 0 Å². The van der Waals surface area contributed by atoms with Crippen LogP contribution in [0.4, 0.5) is 0 Å². The van der Waals surface area contributed by atoms with Crippen molar-refractivity contribution in [3.63, 3.8) is 0 Å². The summed E-state index contributed by atoms with van der Waals surface area (Å²) in [5.74, 6) is -0.379. The number of rotatable bonds is 7. The summed E-state index contributed by atoms with van der Waals surface area (Å²) < 4.78 is 26.6. The first-order chi connectivity index (χ1) is 12.3. The van der Waals surface area contributed by atoms with Crippen LogP contribution in [-0.4, -0.2) is 27.4 Å². The Bertz CT molecular complexity index is 890. The number of halogens is 2. The summed E-state index contributed by atoms with van der Waals surface area (Å²) in [4.78, 5) is 12.0. The quantitative estimate of drug-likeness (QED) is 0.540. The van der Waals surface area contributed by atoms with E-state index in [1.165, 1.54) is 24.3 Å². The van der Waals surface area contributed by atoms with Crippen molar-refractivity contribution in [1.82, 2.24) is 10.0 Å². The summed E-state index contributed by atoms with van der Waals surface area (Å²) >= 11 is 12.0. The molecule has 0 aliphatic carbocycles. The second kappa shape index (κ2) is 9.19. The van der Waals surface area contributed by atoms with Crippen LogP contribution in [0.2, 0.25) is 10.0 Å². The van der Waals surface area contributed by atoms with E-state index in [1.54, 1.807) is 30.3 Å². The highest BCUT2D eigenvalue weighted by atomic mass is 35.5. The molecular formula is C18H18Cl2N2O3S. The fourth-order valence-corrected chi connectivity index (χ4v) is 3.62. The average molecular weight is 413 g/mol. The Morgan fingerprint density at radius 3 is 2.27 bits per heavy atom. The Hall–Kier alpha value is -1.86. The third-order valence-corrected chi connectivity index (χ3v) is 5.58. The summed E-state index contributed by atoms with van der Waals surface area (Å²) in [5, 5.41) is 3.46. The van der Waals surface area contributed by atoms with Crippen molar-refractivity contribution >= 4 is 45.2 Å². The maximum atomic E-state index is 12.1. The van der Waals surface area contributed by atoms with Crippen molar-refractivity contribution in [3.8, 4) is 0 Å². The largest absolute Gasteiger partial charge is 0.351 e. The van der Waals surface area contributed by atoms with E-state index < -0.39 is 10.0 Å². The number of carbonyl (C=O) groups excluding carboxylic acids is 1. The minimum atomic E-state index is -3.60. The molecule has 0 fully saturated rings. The molecular weight excluding hydrogens is 395 g/mol. The normalized spacial score (nSPS) is 11.7. The second-order valence-electron chi connectivity index (χ2n) is 5.47. The second-order valence-corrected chi connectivity index (χ2v) is 8.05. The van der Waals surface area contributed by atoms with Crippen molar-refractivity contribution in [2.45, 2.75) is 11.8 Å². The predicted octanol–water partition coefficient (Wildman–Crippen LogP) is 3.41. The molecule has 5 nitrogen and oxygen atoms in total.